The van der Waals surface area contributed by atoms with E-state index in [-0.39, 0.29) is 23.8 Å². The summed E-state index contributed by atoms with van der Waals surface area (Å²) in [5, 5.41) is 3.43. The quantitative estimate of drug-likeness (QED) is 0.720. The largest absolute Gasteiger partial charge is 0.444 e. The fourth-order valence-electron chi connectivity index (χ4n) is 2.46. The predicted octanol–water partition coefficient (Wildman–Crippen LogP) is 2.81. The SMILES string of the molecule is COC(C)(C)C(C)NCCOC1CCN(C(=O)OC(C)(C)C)CC1. The molecule has 1 aliphatic rings. The number of likely N-dealkylation sites (tertiary alicyclic amines) is 1. The number of hydrogen-bond donors (Lipinski definition) is 1. The van der Waals surface area contributed by atoms with E-state index in [2.05, 4.69) is 26.1 Å². The van der Waals surface area contributed by atoms with Gasteiger partial charge in [0.2, 0.25) is 0 Å². The van der Waals surface area contributed by atoms with Crippen molar-refractivity contribution >= 4 is 6.09 Å². The number of nitrogens with zero attached hydrogens (tertiary/aromatic N) is 1. The second-order valence-corrected chi connectivity index (χ2v) is 8.02. The van der Waals surface area contributed by atoms with Crippen LogP contribution in [0.2, 0.25) is 0 Å². The monoisotopic (exact) mass is 344 g/mol. The highest BCUT2D eigenvalue weighted by Crippen LogP contribution is 2.17. The average Bonchev–Trinajstić information content (AvgIpc) is 2.50. The third-order valence-corrected chi connectivity index (χ3v) is 4.57. The normalized spacial score (nSPS) is 18.5. The lowest BCUT2D eigenvalue weighted by atomic mass is 10.0. The van der Waals surface area contributed by atoms with Crippen LogP contribution in [-0.4, -0.2) is 67.7 Å². The van der Waals surface area contributed by atoms with Gasteiger partial charge in [0.05, 0.1) is 18.3 Å². The molecule has 0 bridgehead atoms. The van der Waals surface area contributed by atoms with Crippen molar-refractivity contribution in [2.45, 2.75) is 77.7 Å². The van der Waals surface area contributed by atoms with E-state index in [1.807, 2.05) is 20.8 Å². The molecule has 0 spiro atoms. The molecule has 0 aromatic rings. The van der Waals surface area contributed by atoms with Gasteiger partial charge in [0.1, 0.15) is 5.60 Å². The summed E-state index contributed by atoms with van der Waals surface area (Å²) in [5.74, 6) is 0. The highest BCUT2D eigenvalue weighted by Gasteiger charge is 2.27. The van der Waals surface area contributed by atoms with Gasteiger partial charge in [-0.3, -0.25) is 0 Å². The van der Waals surface area contributed by atoms with Crippen LogP contribution in [0.15, 0.2) is 0 Å². The summed E-state index contributed by atoms with van der Waals surface area (Å²) in [6, 6.07) is 0.250. The first-order chi connectivity index (χ1) is 11.0. The summed E-state index contributed by atoms with van der Waals surface area (Å²) in [7, 11) is 1.73. The highest BCUT2D eigenvalue weighted by molar-refractivity contribution is 5.68. The number of piperidine rings is 1. The maximum atomic E-state index is 12.0. The topological polar surface area (TPSA) is 60.0 Å². The lowest BCUT2D eigenvalue weighted by Crippen LogP contribution is -2.47. The van der Waals surface area contributed by atoms with Gasteiger partial charge in [-0.25, -0.2) is 4.79 Å². The van der Waals surface area contributed by atoms with Gasteiger partial charge in [0.25, 0.3) is 0 Å². The average molecular weight is 344 g/mol. The fourth-order valence-corrected chi connectivity index (χ4v) is 2.46. The molecule has 6 nitrogen and oxygen atoms in total. The molecule has 1 heterocycles. The van der Waals surface area contributed by atoms with Crippen LogP contribution in [0.1, 0.15) is 54.4 Å². The number of carbonyl (C=O) groups excluding carboxylic acids is 1. The first-order valence-corrected chi connectivity index (χ1v) is 8.93. The minimum Gasteiger partial charge on any atom is -0.444 e. The summed E-state index contributed by atoms with van der Waals surface area (Å²) in [6.07, 6.45) is 1.71. The van der Waals surface area contributed by atoms with Crippen molar-refractivity contribution in [1.29, 1.82) is 0 Å². The molecule has 1 atom stereocenters. The second-order valence-electron chi connectivity index (χ2n) is 8.02. The van der Waals surface area contributed by atoms with Crippen LogP contribution in [-0.2, 0) is 14.2 Å². The first kappa shape index (κ1) is 21.2. The molecule has 0 saturated carbocycles. The maximum absolute atomic E-state index is 12.0. The number of methoxy groups -OCH3 is 1. The Balaban J connectivity index is 2.19. The van der Waals surface area contributed by atoms with Crippen molar-refractivity contribution in [3.05, 3.63) is 0 Å². The van der Waals surface area contributed by atoms with Gasteiger partial charge in [-0.15, -0.1) is 0 Å². The molecular formula is C18H36N2O4. The Hall–Kier alpha value is -0.850. The van der Waals surface area contributed by atoms with Gasteiger partial charge in [-0.2, -0.15) is 0 Å². The van der Waals surface area contributed by atoms with Crippen molar-refractivity contribution in [2.75, 3.05) is 33.4 Å². The number of ether oxygens (including phenoxy) is 3. The van der Waals surface area contributed by atoms with E-state index >= 15 is 0 Å². The molecule has 1 saturated heterocycles. The van der Waals surface area contributed by atoms with Gasteiger partial charge in [-0.1, -0.05) is 0 Å². The van der Waals surface area contributed by atoms with E-state index in [0.717, 1.165) is 19.4 Å². The van der Waals surface area contributed by atoms with E-state index in [1.165, 1.54) is 0 Å². The van der Waals surface area contributed by atoms with Gasteiger partial charge in [0.15, 0.2) is 0 Å². The predicted molar refractivity (Wildman–Crippen MR) is 95.3 cm³/mol. The van der Waals surface area contributed by atoms with E-state index in [4.69, 9.17) is 14.2 Å². The summed E-state index contributed by atoms with van der Waals surface area (Å²) < 4.78 is 16.8. The molecule has 0 radical (unpaired) electrons. The molecule has 1 amide bonds. The standard InChI is InChI=1S/C18H36N2O4/c1-14(18(5,6)22-7)19-10-13-23-15-8-11-20(12-9-15)16(21)24-17(2,3)4/h14-15,19H,8-13H2,1-7H3. The number of nitrogens with one attached hydrogen (secondary N) is 1. The van der Waals surface area contributed by atoms with Gasteiger partial charge in [0, 0.05) is 32.8 Å². The number of carbonyl (C=O) groups is 1. The van der Waals surface area contributed by atoms with Crippen molar-refractivity contribution in [2.24, 2.45) is 0 Å². The first-order valence-electron chi connectivity index (χ1n) is 8.93. The molecule has 0 aromatic carbocycles. The smallest absolute Gasteiger partial charge is 0.410 e. The lowest BCUT2D eigenvalue weighted by Gasteiger charge is -2.34. The van der Waals surface area contributed by atoms with E-state index < -0.39 is 5.60 Å². The fraction of sp³-hybridized carbons (Fsp3) is 0.944. The van der Waals surface area contributed by atoms with Crippen LogP contribution in [0.4, 0.5) is 4.79 Å². The molecular weight excluding hydrogens is 308 g/mol. The van der Waals surface area contributed by atoms with Crippen molar-refractivity contribution < 1.29 is 19.0 Å². The Morgan fingerprint density at radius 2 is 1.79 bits per heavy atom. The van der Waals surface area contributed by atoms with E-state index in [1.54, 1.807) is 12.0 Å². The lowest BCUT2D eigenvalue weighted by molar-refractivity contribution is -0.0194. The third-order valence-electron chi connectivity index (χ3n) is 4.57. The Labute approximate surface area is 147 Å². The number of hydrogen-bond acceptors (Lipinski definition) is 5. The van der Waals surface area contributed by atoms with Crippen LogP contribution >= 0.6 is 0 Å². The summed E-state index contributed by atoms with van der Waals surface area (Å²) in [6.45, 7) is 14.8. The molecule has 1 N–H and O–H groups in total. The molecule has 142 valence electrons. The Morgan fingerprint density at radius 3 is 2.29 bits per heavy atom. The van der Waals surface area contributed by atoms with E-state index in [9.17, 15) is 4.79 Å². The van der Waals surface area contributed by atoms with E-state index in [0.29, 0.717) is 19.7 Å². The number of amides is 1. The van der Waals surface area contributed by atoms with Gasteiger partial charge in [-0.05, 0) is 54.4 Å². The third kappa shape index (κ3) is 7.36. The van der Waals surface area contributed by atoms with Crippen LogP contribution in [0.3, 0.4) is 0 Å². The Kier molecular flexibility index (Phi) is 7.96. The number of rotatable bonds is 7. The van der Waals surface area contributed by atoms with Gasteiger partial charge >= 0.3 is 6.09 Å². The van der Waals surface area contributed by atoms with Crippen LogP contribution in [0.25, 0.3) is 0 Å². The molecule has 0 aromatic heterocycles. The molecule has 24 heavy (non-hydrogen) atoms. The Bertz CT molecular complexity index is 385. The molecule has 0 aliphatic carbocycles. The van der Waals surface area contributed by atoms with Crippen molar-refractivity contribution in [3.8, 4) is 0 Å². The zero-order chi connectivity index (χ0) is 18.4. The summed E-state index contributed by atoms with van der Waals surface area (Å²) in [4.78, 5) is 13.8. The van der Waals surface area contributed by atoms with Crippen LogP contribution in [0.5, 0.6) is 0 Å². The Morgan fingerprint density at radius 1 is 1.21 bits per heavy atom. The molecule has 1 fully saturated rings. The minimum absolute atomic E-state index is 0.196. The zero-order valence-electron chi connectivity index (χ0n) is 16.5. The molecule has 1 rings (SSSR count). The molecule has 1 unspecified atom stereocenters. The van der Waals surface area contributed by atoms with Crippen LogP contribution < -0.4 is 5.32 Å². The minimum atomic E-state index is -0.442. The molecule has 6 heteroatoms. The van der Waals surface area contributed by atoms with Crippen molar-refractivity contribution in [1.82, 2.24) is 10.2 Å². The maximum Gasteiger partial charge on any atom is 0.410 e. The highest BCUT2D eigenvalue weighted by atomic mass is 16.6. The summed E-state index contributed by atoms with van der Waals surface area (Å²) in [5.41, 5.74) is -0.637. The summed E-state index contributed by atoms with van der Waals surface area (Å²) >= 11 is 0. The van der Waals surface area contributed by atoms with Gasteiger partial charge < -0.3 is 24.4 Å². The second kappa shape index (κ2) is 9.02. The zero-order valence-corrected chi connectivity index (χ0v) is 16.5. The molecule has 1 aliphatic heterocycles. The van der Waals surface area contributed by atoms with Crippen LogP contribution in [0, 0.1) is 0 Å². The van der Waals surface area contributed by atoms with Crippen molar-refractivity contribution in [3.63, 3.8) is 0 Å².